The smallest absolute Gasteiger partial charge is 0.0195 e. The van der Waals surface area contributed by atoms with Crippen molar-refractivity contribution in [3.8, 4) is 0 Å². The highest BCUT2D eigenvalue weighted by Crippen LogP contribution is 2.09. The molecular weight excluding hydrogens is 122 g/mol. The second-order valence-electron chi connectivity index (χ2n) is 2.66. The van der Waals surface area contributed by atoms with Crippen LogP contribution < -0.4 is 5.73 Å². The summed E-state index contributed by atoms with van der Waals surface area (Å²) in [6.07, 6.45) is 5.53. The Kier molecular flexibility index (Phi) is 14.8. The molecule has 0 rings (SSSR count). The summed E-state index contributed by atoms with van der Waals surface area (Å²) in [6.45, 7) is 6.85. The van der Waals surface area contributed by atoms with Crippen molar-refractivity contribution in [2.75, 3.05) is 7.05 Å². The van der Waals surface area contributed by atoms with Crippen molar-refractivity contribution in [3.05, 3.63) is 0 Å². The number of hydrogen-bond acceptors (Lipinski definition) is 1. The molecule has 0 saturated carbocycles. The average molecular weight is 145 g/mol. The zero-order valence-electron chi connectivity index (χ0n) is 7.98. The molecule has 64 valence electrons. The lowest BCUT2D eigenvalue weighted by molar-refractivity contribution is 0.492. The molecule has 0 bridgehead atoms. The Hall–Kier alpha value is -0.0400. The van der Waals surface area contributed by atoms with Gasteiger partial charge in [-0.3, -0.25) is 0 Å². The lowest BCUT2D eigenvalue weighted by Crippen LogP contribution is -1.89. The van der Waals surface area contributed by atoms with Gasteiger partial charge in [0.2, 0.25) is 0 Å². The maximum Gasteiger partial charge on any atom is -0.0195 e. The van der Waals surface area contributed by atoms with Crippen LogP contribution in [0.2, 0.25) is 0 Å². The quantitative estimate of drug-likeness (QED) is 0.646. The molecule has 1 heteroatoms. The van der Waals surface area contributed by atoms with E-state index in [9.17, 15) is 0 Å². The predicted molar refractivity (Wildman–Crippen MR) is 49.1 cm³/mol. The summed E-state index contributed by atoms with van der Waals surface area (Å²) in [5.41, 5.74) is 4.50. The van der Waals surface area contributed by atoms with Crippen LogP contribution in [0.15, 0.2) is 0 Å². The highest BCUT2D eigenvalue weighted by atomic mass is 14.4. The van der Waals surface area contributed by atoms with Crippen molar-refractivity contribution < 1.29 is 0 Å². The molecule has 1 unspecified atom stereocenters. The fraction of sp³-hybridized carbons (Fsp3) is 1.00. The van der Waals surface area contributed by atoms with Crippen molar-refractivity contribution in [1.29, 1.82) is 0 Å². The molecular formula is C9H23N. The van der Waals surface area contributed by atoms with Crippen molar-refractivity contribution in [2.24, 2.45) is 11.7 Å². The Morgan fingerprint density at radius 1 is 1.20 bits per heavy atom. The van der Waals surface area contributed by atoms with Gasteiger partial charge in [-0.15, -0.1) is 0 Å². The molecule has 0 aliphatic heterocycles. The average Bonchev–Trinajstić information content (AvgIpc) is 2.04. The van der Waals surface area contributed by atoms with Gasteiger partial charge in [-0.1, -0.05) is 46.5 Å². The third-order valence-corrected chi connectivity index (χ3v) is 1.75. The minimum absolute atomic E-state index is 0.954. The molecule has 0 aliphatic rings. The van der Waals surface area contributed by atoms with Gasteiger partial charge in [-0.25, -0.2) is 0 Å². The SMILES string of the molecule is CCCCC(C)CC.CN. The van der Waals surface area contributed by atoms with E-state index in [4.69, 9.17) is 0 Å². The lowest BCUT2D eigenvalue weighted by atomic mass is 10.0. The van der Waals surface area contributed by atoms with Gasteiger partial charge in [0.25, 0.3) is 0 Å². The minimum Gasteiger partial charge on any atom is -0.333 e. The molecule has 1 atom stereocenters. The van der Waals surface area contributed by atoms with Crippen molar-refractivity contribution in [1.82, 2.24) is 0 Å². The van der Waals surface area contributed by atoms with E-state index in [0.717, 1.165) is 5.92 Å². The fourth-order valence-electron chi connectivity index (χ4n) is 0.757. The first-order valence-corrected chi connectivity index (χ1v) is 4.39. The van der Waals surface area contributed by atoms with Crippen LogP contribution in [0.1, 0.15) is 46.5 Å². The summed E-state index contributed by atoms with van der Waals surface area (Å²) < 4.78 is 0. The van der Waals surface area contributed by atoms with Gasteiger partial charge in [0, 0.05) is 0 Å². The van der Waals surface area contributed by atoms with Gasteiger partial charge in [-0.2, -0.15) is 0 Å². The van der Waals surface area contributed by atoms with Crippen LogP contribution in [-0.4, -0.2) is 7.05 Å². The maximum absolute atomic E-state index is 4.50. The Morgan fingerprint density at radius 3 is 2.00 bits per heavy atom. The molecule has 0 aromatic rings. The molecule has 0 spiro atoms. The van der Waals surface area contributed by atoms with Gasteiger partial charge >= 0.3 is 0 Å². The number of nitrogens with two attached hydrogens (primary N) is 1. The molecule has 0 fully saturated rings. The molecule has 0 aromatic carbocycles. The highest BCUT2D eigenvalue weighted by Gasteiger charge is 1.94. The molecule has 0 radical (unpaired) electrons. The summed E-state index contributed by atoms with van der Waals surface area (Å²) in [7, 11) is 1.50. The summed E-state index contributed by atoms with van der Waals surface area (Å²) in [4.78, 5) is 0. The molecule has 10 heavy (non-hydrogen) atoms. The second-order valence-corrected chi connectivity index (χ2v) is 2.66. The highest BCUT2D eigenvalue weighted by molar-refractivity contribution is 4.47. The van der Waals surface area contributed by atoms with Gasteiger partial charge < -0.3 is 5.73 Å². The van der Waals surface area contributed by atoms with Crippen LogP contribution >= 0.6 is 0 Å². The molecule has 0 saturated heterocycles. The fourth-order valence-corrected chi connectivity index (χ4v) is 0.757. The Labute approximate surface area is 66.0 Å². The Morgan fingerprint density at radius 2 is 1.70 bits per heavy atom. The van der Waals surface area contributed by atoms with Gasteiger partial charge in [0.15, 0.2) is 0 Å². The first-order valence-electron chi connectivity index (χ1n) is 4.39. The van der Waals surface area contributed by atoms with Gasteiger partial charge in [0.05, 0.1) is 0 Å². The van der Waals surface area contributed by atoms with E-state index in [2.05, 4.69) is 26.5 Å². The summed E-state index contributed by atoms with van der Waals surface area (Å²) >= 11 is 0. The lowest BCUT2D eigenvalue weighted by Gasteiger charge is -2.04. The summed E-state index contributed by atoms with van der Waals surface area (Å²) in [5.74, 6) is 0.954. The van der Waals surface area contributed by atoms with Crippen LogP contribution in [0.4, 0.5) is 0 Å². The monoisotopic (exact) mass is 145 g/mol. The molecule has 0 aromatic heterocycles. The van der Waals surface area contributed by atoms with E-state index in [0.29, 0.717) is 0 Å². The van der Waals surface area contributed by atoms with Crippen LogP contribution in [0.25, 0.3) is 0 Å². The molecule has 2 N–H and O–H groups in total. The number of unbranched alkanes of at least 4 members (excludes halogenated alkanes) is 1. The van der Waals surface area contributed by atoms with E-state index in [1.54, 1.807) is 0 Å². The van der Waals surface area contributed by atoms with Crippen LogP contribution in [0, 0.1) is 5.92 Å². The Balaban J connectivity index is 0. The second kappa shape index (κ2) is 11.7. The topological polar surface area (TPSA) is 26.0 Å². The molecule has 1 nitrogen and oxygen atoms in total. The van der Waals surface area contributed by atoms with Gasteiger partial charge in [0.1, 0.15) is 0 Å². The first-order chi connectivity index (χ1) is 4.81. The summed E-state index contributed by atoms with van der Waals surface area (Å²) in [5, 5.41) is 0. The predicted octanol–water partition coefficient (Wildman–Crippen LogP) is 2.80. The first kappa shape index (κ1) is 12.6. The van der Waals surface area contributed by atoms with E-state index < -0.39 is 0 Å². The Bertz CT molecular complexity index is 44.0. The normalized spacial score (nSPS) is 11.7. The van der Waals surface area contributed by atoms with E-state index in [1.165, 1.54) is 32.7 Å². The zero-order valence-corrected chi connectivity index (χ0v) is 7.98. The van der Waals surface area contributed by atoms with Crippen LogP contribution in [0.3, 0.4) is 0 Å². The largest absolute Gasteiger partial charge is 0.333 e. The number of hydrogen-bond donors (Lipinski definition) is 1. The molecule has 0 amide bonds. The minimum atomic E-state index is 0.954. The molecule has 0 aliphatic carbocycles. The maximum atomic E-state index is 4.50. The number of rotatable bonds is 4. The van der Waals surface area contributed by atoms with Crippen molar-refractivity contribution in [3.63, 3.8) is 0 Å². The van der Waals surface area contributed by atoms with Crippen LogP contribution in [-0.2, 0) is 0 Å². The van der Waals surface area contributed by atoms with Crippen molar-refractivity contribution >= 4 is 0 Å². The zero-order chi connectivity index (χ0) is 8.41. The van der Waals surface area contributed by atoms with E-state index in [-0.39, 0.29) is 0 Å². The standard InChI is InChI=1S/C8H18.CH5N/c1-4-6-7-8(3)5-2;1-2/h8H,4-7H2,1-3H3;2H2,1H3. The van der Waals surface area contributed by atoms with E-state index >= 15 is 0 Å². The van der Waals surface area contributed by atoms with Gasteiger partial charge in [-0.05, 0) is 13.0 Å². The molecule has 0 heterocycles. The van der Waals surface area contributed by atoms with E-state index in [1.807, 2.05) is 0 Å². The third kappa shape index (κ3) is 10.9. The van der Waals surface area contributed by atoms with Crippen molar-refractivity contribution in [2.45, 2.75) is 46.5 Å². The van der Waals surface area contributed by atoms with Crippen LogP contribution in [0.5, 0.6) is 0 Å². The summed E-state index contributed by atoms with van der Waals surface area (Å²) in [6, 6.07) is 0. The third-order valence-electron chi connectivity index (χ3n) is 1.75.